The summed E-state index contributed by atoms with van der Waals surface area (Å²) >= 11 is 1.42. The van der Waals surface area contributed by atoms with Gasteiger partial charge in [0.25, 0.3) is 11.5 Å². The van der Waals surface area contributed by atoms with E-state index in [-0.39, 0.29) is 23.1 Å². The minimum absolute atomic E-state index is 0.0865. The molecule has 3 heterocycles. The van der Waals surface area contributed by atoms with Gasteiger partial charge in [0.05, 0.1) is 0 Å². The van der Waals surface area contributed by atoms with Crippen LogP contribution < -0.4 is 15.8 Å². The molecule has 1 saturated carbocycles. The van der Waals surface area contributed by atoms with Crippen LogP contribution in [0, 0.1) is 5.92 Å². The lowest BCUT2D eigenvalue weighted by molar-refractivity contribution is 0.0928. The molecule has 2 aliphatic rings. The zero-order chi connectivity index (χ0) is 19.5. The molecule has 1 N–H and O–H groups in total. The minimum atomic E-state index is -0.374. The van der Waals surface area contributed by atoms with E-state index in [1.54, 1.807) is 0 Å². The highest BCUT2D eigenvalue weighted by Gasteiger charge is 2.23. The fourth-order valence-electron chi connectivity index (χ4n) is 4.29. The van der Waals surface area contributed by atoms with E-state index in [1.807, 2.05) is 0 Å². The van der Waals surface area contributed by atoms with E-state index in [1.165, 1.54) is 47.7 Å². The summed E-state index contributed by atoms with van der Waals surface area (Å²) in [5.74, 6) is 0.300. The number of anilines is 1. The highest BCUT2D eigenvalue weighted by atomic mass is 32.1. The summed E-state index contributed by atoms with van der Waals surface area (Å²) in [6, 6.07) is 0.147. The molecule has 0 aromatic carbocycles. The van der Waals surface area contributed by atoms with Crippen molar-refractivity contribution in [2.45, 2.75) is 70.8 Å². The van der Waals surface area contributed by atoms with Crippen LogP contribution in [0.15, 0.2) is 11.0 Å². The maximum absolute atomic E-state index is 12.9. The molecule has 4 rings (SSSR count). The van der Waals surface area contributed by atoms with Gasteiger partial charge >= 0.3 is 0 Å². The van der Waals surface area contributed by atoms with Crippen molar-refractivity contribution < 1.29 is 4.79 Å². The molecule has 28 heavy (non-hydrogen) atoms. The Labute approximate surface area is 169 Å². The molecule has 152 valence electrons. The maximum Gasteiger partial charge on any atom is 0.288 e. The van der Waals surface area contributed by atoms with Gasteiger partial charge in [-0.15, -0.1) is 5.10 Å². The Morgan fingerprint density at radius 3 is 2.64 bits per heavy atom. The number of carbonyl (C=O) groups is 1. The summed E-state index contributed by atoms with van der Waals surface area (Å²) in [7, 11) is 0. The molecule has 0 bridgehead atoms. The summed E-state index contributed by atoms with van der Waals surface area (Å²) in [6.45, 7) is 4.14. The third kappa shape index (κ3) is 4.21. The molecule has 1 saturated heterocycles. The van der Waals surface area contributed by atoms with E-state index in [0.717, 1.165) is 50.3 Å². The number of nitrogens with one attached hydrogen (secondary N) is 1. The largest absolute Gasteiger partial charge is 0.349 e. The molecule has 1 unspecified atom stereocenters. The first-order valence-electron chi connectivity index (χ1n) is 10.6. The number of hydrogen-bond donors (Lipinski definition) is 1. The summed E-state index contributed by atoms with van der Waals surface area (Å²) in [6.07, 6.45) is 11.7. The summed E-state index contributed by atoms with van der Waals surface area (Å²) in [5.41, 5.74) is -0.288. The highest BCUT2D eigenvalue weighted by molar-refractivity contribution is 7.20. The van der Waals surface area contributed by atoms with Gasteiger partial charge in [0.15, 0.2) is 0 Å². The number of amides is 1. The lowest BCUT2D eigenvalue weighted by atomic mass is 9.96. The second kappa shape index (κ2) is 8.59. The van der Waals surface area contributed by atoms with Crippen molar-refractivity contribution in [3.05, 3.63) is 22.1 Å². The SMILES string of the molecule is CC1CCCN(c2nn3c(=O)c(C(=O)NC4CCCCCCC4)cnc3s2)C1. The fourth-order valence-corrected chi connectivity index (χ4v) is 5.18. The highest BCUT2D eigenvalue weighted by Crippen LogP contribution is 2.26. The monoisotopic (exact) mass is 403 g/mol. The smallest absolute Gasteiger partial charge is 0.288 e. The van der Waals surface area contributed by atoms with Gasteiger partial charge in [0, 0.05) is 25.3 Å². The van der Waals surface area contributed by atoms with Crippen molar-refractivity contribution in [2.24, 2.45) is 5.92 Å². The van der Waals surface area contributed by atoms with Gasteiger partial charge in [-0.25, -0.2) is 4.98 Å². The molecule has 1 aliphatic carbocycles. The average molecular weight is 404 g/mol. The third-order valence-corrected chi connectivity index (χ3v) is 6.87. The number of aromatic nitrogens is 3. The third-order valence-electron chi connectivity index (χ3n) is 5.89. The first kappa shape index (κ1) is 19.4. The number of fused-ring (bicyclic) bond motifs is 1. The first-order valence-corrected chi connectivity index (χ1v) is 11.4. The molecular weight excluding hydrogens is 374 g/mol. The summed E-state index contributed by atoms with van der Waals surface area (Å²) < 4.78 is 1.30. The minimum Gasteiger partial charge on any atom is -0.349 e. The van der Waals surface area contributed by atoms with Gasteiger partial charge in [0.1, 0.15) is 5.56 Å². The summed E-state index contributed by atoms with van der Waals surface area (Å²) in [4.78, 5) is 32.7. The second-order valence-electron chi connectivity index (χ2n) is 8.26. The Morgan fingerprint density at radius 1 is 1.14 bits per heavy atom. The zero-order valence-corrected chi connectivity index (χ0v) is 17.3. The molecule has 1 aliphatic heterocycles. The molecule has 1 atom stereocenters. The molecule has 0 radical (unpaired) electrons. The Hall–Kier alpha value is -1.96. The van der Waals surface area contributed by atoms with Crippen molar-refractivity contribution in [1.82, 2.24) is 19.9 Å². The van der Waals surface area contributed by atoms with Crippen molar-refractivity contribution in [3.63, 3.8) is 0 Å². The topological polar surface area (TPSA) is 79.6 Å². The quantitative estimate of drug-likeness (QED) is 0.851. The van der Waals surface area contributed by atoms with Crippen LogP contribution in [0.2, 0.25) is 0 Å². The van der Waals surface area contributed by atoms with E-state index in [4.69, 9.17) is 0 Å². The van der Waals surface area contributed by atoms with Crippen LogP contribution in [-0.4, -0.2) is 39.6 Å². The number of hydrogen-bond acceptors (Lipinski definition) is 6. The fraction of sp³-hybridized carbons (Fsp3) is 0.700. The van der Waals surface area contributed by atoms with Crippen LogP contribution in [0.25, 0.3) is 4.96 Å². The second-order valence-corrected chi connectivity index (χ2v) is 9.20. The van der Waals surface area contributed by atoms with Gasteiger partial charge in [-0.3, -0.25) is 9.59 Å². The Morgan fingerprint density at radius 2 is 1.89 bits per heavy atom. The van der Waals surface area contributed by atoms with Gasteiger partial charge in [-0.1, -0.05) is 50.4 Å². The number of carbonyl (C=O) groups excluding carboxylic acids is 1. The van der Waals surface area contributed by atoms with Gasteiger partial charge in [-0.2, -0.15) is 4.52 Å². The normalized spacial score (nSPS) is 22.0. The van der Waals surface area contributed by atoms with Crippen LogP contribution in [0.1, 0.15) is 75.1 Å². The van der Waals surface area contributed by atoms with Gasteiger partial charge < -0.3 is 10.2 Å². The summed E-state index contributed by atoms with van der Waals surface area (Å²) in [5, 5.41) is 8.36. The molecule has 8 heteroatoms. The predicted molar refractivity (Wildman–Crippen MR) is 111 cm³/mol. The number of rotatable bonds is 3. The number of piperidine rings is 1. The Balaban J connectivity index is 1.53. The van der Waals surface area contributed by atoms with Gasteiger partial charge in [-0.05, 0) is 31.6 Å². The van der Waals surface area contributed by atoms with Crippen molar-refractivity contribution >= 4 is 27.3 Å². The van der Waals surface area contributed by atoms with E-state index in [0.29, 0.717) is 10.9 Å². The standard InChI is InChI=1S/C20H29N5O2S/c1-14-8-7-11-24(13-14)20-23-25-18(27)16(12-21-19(25)28-20)17(26)22-15-9-5-3-2-4-6-10-15/h12,14-15H,2-11,13H2,1H3,(H,22,26). The van der Waals surface area contributed by atoms with Gasteiger partial charge in [0.2, 0.25) is 10.1 Å². The molecule has 0 spiro atoms. The molecule has 1 amide bonds. The Kier molecular flexibility index (Phi) is 5.94. The van der Waals surface area contributed by atoms with E-state index in [9.17, 15) is 9.59 Å². The van der Waals surface area contributed by atoms with Crippen LogP contribution >= 0.6 is 11.3 Å². The molecule has 2 aromatic heterocycles. The van der Waals surface area contributed by atoms with Crippen molar-refractivity contribution in [2.75, 3.05) is 18.0 Å². The average Bonchev–Trinajstić information content (AvgIpc) is 3.09. The predicted octanol–water partition coefficient (Wildman–Crippen LogP) is 3.23. The lowest BCUT2D eigenvalue weighted by Gasteiger charge is -2.30. The lowest BCUT2D eigenvalue weighted by Crippen LogP contribution is -2.39. The van der Waals surface area contributed by atoms with Crippen LogP contribution in [0.4, 0.5) is 5.13 Å². The van der Waals surface area contributed by atoms with Crippen LogP contribution in [0.3, 0.4) is 0 Å². The molecule has 2 fully saturated rings. The van der Waals surface area contributed by atoms with Crippen molar-refractivity contribution in [3.8, 4) is 0 Å². The van der Waals surface area contributed by atoms with Crippen LogP contribution in [0.5, 0.6) is 0 Å². The molecule has 2 aromatic rings. The maximum atomic E-state index is 12.9. The molecule has 7 nitrogen and oxygen atoms in total. The first-order chi connectivity index (χ1) is 13.6. The molecular formula is C20H29N5O2S. The van der Waals surface area contributed by atoms with Crippen molar-refractivity contribution in [1.29, 1.82) is 0 Å². The Bertz CT molecular complexity index is 884. The van der Waals surface area contributed by atoms with E-state index < -0.39 is 0 Å². The van der Waals surface area contributed by atoms with Crippen LogP contribution in [-0.2, 0) is 0 Å². The zero-order valence-electron chi connectivity index (χ0n) is 16.5. The number of nitrogens with zero attached hydrogens (tertiary/aromatic N) is 4. The van der Waals surface area contributed by atoms with E-state index >= 15 is 0 Å². The van der Waals surface area contributed by atoms with E-state index in [2.05, 4.69) is 27.2 Å².